The van der Waals surface area contributed by atoms with Crippen LogP contribution in [0.5, 0.6) is 5.75 Å². The number of benzene rings is 2. The van der Waals surface area contributed by atoms with Crippen LogP contribution in [0.2, 0.25) is 0 Å². The second-order valence-electron chi connectivity index (χ2n) is 6.75. The molecule has 0 aliphatic rings. The highest BCUT2D eigenvalue weighted by atomic mass is 16.6. The van der Waals surface area contributed by atoms with Crippen LogP contribution in [-0.4, -0.2) is 23.2 Å². The Labute approximate surface area is 151 Å². The van der Waals surface area contributed by atoms with E-state index in [1.54, 1.807) is 30.3 Å². The maximum atomic E-state index is 12.2. The molecule has 0 saturated heterocycles. The Hall–Kier alpha value is -3.22. The average molecular weight is 356 g/mol. The molecule has 0 radical (unpaired) electrons. The summed E-state index contributed by atoms with van der Waals surface area (Å²) in [5.41, 5.74) is 0.403. The van der Waals surface area contributed by atoms with Gasteiger partial charge in [-0.15, -0.1) is 0 Å². The number of amides is 1. The van der Waals surface area contributed by atoms with Gasteiger partial charge in [-0.25, -0.2) is 0 Å². The van der Waals surface area contributed by atoms with Gasteiger partial charge in [0.05, 0.1) is 11.0 Å². The van der Waals surface area contributed by atoms with Gasteiger partial charge in [-0.05, 0) is 30.3 Å². The lowest BCUT2D eigenvalue weighted by atomic mass is 9.95. The van der Waals surface area contributed by atoms with E-state index >= 15 is 0 Å². The molecule has 7 heteroatoms. The number of non-ortho nitro benzene ring substituents is 1. The molecule has 0 saturated carbocycles. The Morgan fingerprint density at radius 1 is 1.12 bits per heavy atom. The van der Waals surface area contributed by atoms with Crippen molar-refractivity contribution in [3.05, 3.63) is 64.2 Å². The molecule has 2 aromatic carbocycles. The third-order valence-corrected chi connectivity index (χ3v) is 3.54. The quantitative estimate of drug-likeness (QED) is 0.482. The van der Waals surface area contributed by atoms with Gasteiger partial charge in [0.2, 0.25) is 5.91 Å². The summed E-state index contributed by atoms with van der Waals surface area (Å²) < 4.78 is 5.33. The minimum Gasteiger partial charge on any atom is -0.485 e. The van der Waals surface area contributed by atoms with Gasteiger partial charge < -0.3 is 10.1 Å². The maximum Gasteiger partial charge on any atom is 0.273 e. The first kappa shape index (κ1) is 19.1. The van der Waals surface area contributed by atoms with Gasteiger partial charge in [0.15, 0.2) is 12.4 Å². The van der Waals surface area contributed by atoms with E-state index in [1.165, 1.54) is 18.2 Å². The summed E-state index contributed by atoms with van der Waals surface area (Å²) in [7, 11) is 0. The molecule has 0 unspecified atom stereocenters. The topological polar surface area (TPSA) is 98.5 Å². The number of Topliss-reactive ketones (excluding diaryl/α,β-unsaturated/α-hetero) is 1. The molecule has 1 amide bonds. The highest BCUT2D eigenvalue weighted by Gasteiger charge is 2.21. The molecule has 136 valence electrons. The zero-order chi connectivity index (χ0) is 19.3. The van der Waals surface area contributed by atoms with Crippen molar-refractivity contribution in [2.45, 2.75) is 20.8 Å². The van der Waals surface area contributed by atoms with Gasteiger partial charge in [0, 0.05) is 22.7 Å². The highest BCUT2D eigenvalue weighted by molar-refractivity contribution is 5.98. The highest BCUT2D eigenvalue weighted by Crippen LogP contribution is 2.20. The molecule has 0 aliphatic carbocycles. The van der Waals surface area contributed by atoms with E-state index in [0.717, 1.165) is 0 Å². The number of nitro benzene ring substituents is 1. The number of hydrogen-bond acceptors (Lipinski definition) is 5. The van der Waals surface area contributed by atoms with Crippen LogP contribution in [0.3, 0.4) is 0 Å². The summed E-state index contributed by atoms with van der Waals surface area (Å²) in [6.45, 7) is 5.19. The van der Waals surface area contributed by atoms with E-state index in [0.29, 0.717) is 11.3 Å². The van der Waals surface area contributed by atoms with Crippen LogP contribution in [0.25, 0.3) is 0 Å². The van der Waals surface area contributed by atoms with E-state index in [4.69, 9.17) is 4.74 Å². The number of carbonyl (C=O) groups is 2. The van der Waals surface area contributed by atoms with Crippen LogP contribution in [0.15, 0.2) is 48.5 Å². The molecule has 0 heterocycles. The van der Waals surface area contributed by atoms with Crippen LogP contribution < -0.4 is 10.1 Å². The third-order valence-electron chi connectivity index (χ3n) is 3.54. The van der Waals surface area contributed by atoms with E-state index in [9.17, 15) is 19.7 Å². The number of anilines is 1. The van der Waals surface area contributed by atoms with E-state index in [-0.39, 0.29) is 29.7 Å². The lowest BCUT2D eigenvalue weighted by Crippen LogP contribution is -2.27. The second-order valence-corrected chi connectivity index (χ2v) is 6.75. The lowest BCUT2D eigenvalue weighted by Gasteiger charge is -2.17. The number of nitrogens with zero attached hydrogens (tertiary/aromatic N) is 1. The molecule has 0 atom stereocenters. The minimum absolute atomic E-state index is 0.103. The Morgan fingerprint density at radius 2 is 1.77 bits per heavy atom. The zero-order valence-corrected chi connectivity index (χ0v) is 14.8. The van der Waals surface area contributed by atoms with Crippen LogP contribution in [0.1, 0.15) is 31.1 Å². The number of rotatable bonds is 6. The second kappa shape index (κ2) is 7.77. The first-order valence-corrected chi connectivity index (χ1v) is 7.99. The Balaban J connectivity index is 1.97. The fraction of sp³-hybridized carbons (Fsp3) is 0.263. The molecule has 0 aromatic heterocycles. The molecule has 2 aromatic rings. The largest absolute Gasteiger partial charge is 0.485 e. The first-order valence-electron chi connectivity index (χ1n) is 7.99. The van der Waals surface area contributed by atoms with Crippen molar-refractivity contribution in [2.24, 2.45) is 5.41 Å². The summed E-state index contributed by atoms with van der Waals surface area (Å²) in [6, 6.07) is 12.1. The third kappa shape index (κ3) is 5.14. The van der Waals surface area contributed by atoms with Crippen molar-refractivity contribution in [1.82, 2.24) is 0 Å². The number of hydrogen-bond donors (Lipinski definition) is 1. The van der Waals surface area contributed by atoms with Gasteiger partial charge in [0.1, 0.15) is 5.75 Å². The number of ketones is 1. The Kier molecular flexibility index (Phi) is 5.71. The minimum atomic E-state index is -0.528. The van der Waals surface area contributed by atoms with Crippen molar-refractivity contribution < 1.29 is 19.2 Å². The predicted molar refractivity (Wildman–Crippen MR) is 97.4 cm³/mol. The number of nitro groups is 1. The molecule has 0 bridgehead atoms. The average Bonchev–Trinajstić information content (AvgIpc) is 2.59. The van der Waals surface area contributed by atoms with Crippen LogP contribution in [0.4, 0.5) is 11.4 Å². The standard InChI is InChI=1S/C19H20N2O5/c1-19(2,3)18(23)20-14-9-7-13(8-10-14)17(22)12-26-16-6-4-5-15(11-16)21(24)25/h4-11H,12H2,1-3H3,(H,20,23). The zero-order valence-electron chi connectivity index (χ0n) is 14.8. The maximum absolute atomic E-state index is 12.2. The lowest BCUT2D eigenvalue weighted by molar-refractivity contribution is -0.384. The molecular formula is C19H20N2O5. The molecule has 26 heavy (non-hydrogen) atoms. The number of ether oxygens (including phenoxy) is 1. The molecule has 0 fully saturated rings. The summed E-state index contributed by atoms with van der Waals surface area (Å²) in [5.74, 6) is -0.141. The summed E-state index contributed by atoms with van der Waals surface area (Å²) in [5, 5.41) is 13.5. The van der Waals surface area contributed by atoms with Crippen LogP contribution in [0, 0.1) is 15.5 Å². The van der Waals surface area contributed by atoms with Crippen molar-refractivity contribution >= 4 is 23.1 Å². The van der Waals surface area contributed by atoms with Crippen molar-refractivity contribution in [3.8, 4) is 5.75 Å². The molecule has 0 spiro atoms. The number of nitrogens with one attached hydrogen (secondary N) is 1. The Bertz CT molecular complexity index is 823. The summed E-state index contributed by atoms with van der Waals surface area (Å²) >= 11 is 0. The van der Waals surface area contributed by atoms with Gasteiger partial charge in [0.25, 0.3) is 5.69 Å². The monoisotopic (exact) mass is 356 g/mol. The Morgan fingerprint density at radius 3 is 2.35 bits per heavy atom. The van der Waals surface area contributed by atoms with Gasteiger partial charge >= 0.3 is 0 Å². The first-order chi connectivity index (χ1) is 12.2. The fourth-order valence-corrected chi connectivity index (χ4v) is 1.98. The van der Waals surface area contributed by atoms with Crippen molar-refractivity contribution in [3.63, 3.8) is 0 Å². The summed E-state index contributed by atoms with van der Waals surface area (Å²) in [4.78, 5) is 34.3. The molecule has 0 aliphatic heterocycles. The van der Waals surface area contributed by atoms with Crippen LogP contribution in [-0.2, 0) is 4.79 Å². The summed E-state index contributed by atoms with van der Waals surface area (Å²) in [6.07, 6.45) is 0. The van der Waals surface area contributed by atoms with E-state index in [1.807, 2.05) is 20.8 Å². The van der Waals surface area contributed by atoms with Crippen LogP contribution >= 0.6 is 0 Å². The van der Waals surface area contributed by atoms with Gasteiger partial charge in [-0.3, -0.25) is 19.7 Å². The molecule has 1 N–H and O–H groups in total. The molecular weight excluding hydrogens is 336 g/mol. The number of carbonyl (C=O) groups excluding carboxylic acids is 2. The molecule has 7 nitrogen and oxygen atoms in total. The van der Waals surface area contributed by atoms with Crippen molar-refractivity contribution in [2.75, 3.05) is 11.9 Å². The van der Waals surface area contributed by atoms with Crippen molar-refractivity contribution in [1.29, 1.82) is 0 Å². The van der Waals surface area contributed by atoms with E-state index < -0.39 is 10.3 Å². The smallest absolute Gasteiger partial charge is 0.273 e. The molecule has 2 rings (SSSR count). The van der Waals surface area contributed by atoms with Gasteiger partial charge in [-0.1, -0.05) is 26.8 Å². The fourth-order valence-electron chi connectivity index (χ4n) is 1.98. The predicted octanol–water partition coefficient (Wildman–Crippen LogP) is 3.84. The SMILES string of the molecule is CC(C)(C)C(=O)Nc1ccc(C(=O)COc2cccc([N+](=O)[O-])c2)cc1. The van der Waals surface area contributed by atoms with E-state index in [2.05, 4.69) is 5.32 Å². The van der Waals surface area contributed by atoms with Gasteiger partial charge in [-0.2, -0.15) is 0 Å². The normalized spacial score (nSPS) is 10.9.